The second-order valence-corrected chi connectivity index (χ2v) is 6.78. The van der Waals surface area contributed by atoms with E-state index in [1.807, 2.05) is 12.1 Å². The topological polar surface area (TPSA) is 99.2 Å². The number of rotatable bonds is 3. The lowest BCUT2D eigenvalue weighted by molar-refractivity contribution is -0.141. The Morgan fingerprint density at radius 2 is 1.81 bits per heavy atom. The molecule has 132 valence electrons. The maximum atomic E-state index is 12.9. The van der Waals surface area contributed by atoms with Crippen LogP contribution in [0.5, 0.6) is 0 Å². The molecule has 3 aromatic rings. The lowest BCUT2D eigenvalue weighted by Crippen LogP contribution is -2.29. The molecule has 2 heterocycles. The van der Waals surface area contributed by atoms with Gasteiger partial charge in [-0.2, -0.15) is 15.4 Å². The highest BCUT2D eigenvalue weighted by atomic mass is 35.5. The predicted octanol–water partition coefficient (Wildman–Crippen LogP) is 2.55. The third-order valence-corrected chi connectivity index (χ3v) is 5.04. The molecule has 2 aromatic carbocycles. The number of halogens is 1. The summed E-state index contributed by atoms with van der Waals surface area (Å²) in [5.41, 5.74) is 2.60. The van der Waals surface area contributed by atoms with Gasteiger partial charge in [0.25, 0.3) is 5.91 Å². The van der Waals surface area contributed by atoms with Gasteiger partial charge in [-0.05, 0) is 35.9 Å². The Morgan fingerprint density at radius 3 is 2.54 bits per heavy atom. The van der Waals surface area contributed by atoms with Gasteiger partial charge in [-0.3, -0.25) is 9.59 Å². The first-order valence-electron chi connectivity index (χ1n) is 8.11. The Hall–Kier alpha value is -2.93. The number of aromatic amines is 1. The van der Waals surface area contributed by atoms with E-state index in [1.54, 1.807) is 35.2 Å². The molecule has 0 aliphatic carbocycles. The van der Waals surface area contributed by atoms with Crippen LogP contribution in [-0.4, -0.2) is 50.4 Å². The number of carbonyl (C=O) groups is 2. The number of aliphatic carboxylic acids is 1. The summed E-state index contributed by atoms with van der Waals surface area (Å²) in [5.74, 6) is -2.05. The quantitative estimate of drug-likeness (QED) is 0.738. The second kappa shape index (κ2) is 6.42. The zero-order valence-corrected chi connectivity index (χ0v) is 14.3. The molecule has 26 heavy (non-hydrogen) atoms. The molecule has 0 saturated carbocycles. The lowest BCUT2D eigenvalue weighted by Gasteiger charge is -2.16. The number of fused-ring (bicyclic) bond motifs is 1. The first-order chi connectivity index (χ1) is 12.5. The van der Waals surface area contributed by atoms with E-state index in [-0.39, 0.29) is 18.4 Å². The number of carboxylic acid groups (broad SMARTS) is 1. The molecule has 1 aliphatic rings. The molecular formula is C18H15ClN4O3. The van der Waals surface area contributed by atoms with Gasteiger partial charge in [0.1, 0.15) is 11.0 Å². The Kier molecular flexibility index (Phi) is 4.08. The number of aromatic nitrogens is 3. The maximum absolute atomic E-state index is 12.9. The average molecular weight is 371 g/mol. The molecule has 1 fully saturated rings. The van der Waals surface area contributed by atoms with E-state index in [2.05, 4.69) is 15.4 Å². The number of carboxylic acids is 1. The minimum Gasteiger partial charge on any atom is -0.481 e. The summed E-state index contributed by atoms with van der Waals surface area (Å²) < 4.78 is 0. The maximum Gasteiger partial charge on any atom is 0.308 e. The SMILES string of the molecule is O=C(O)[C@@H]1CN(C(=O)c2ccc3n[nH]nc3c2)C[C@H]1c1ccc(Cl)cc1. The third-order valence-electron chi connectivity index (χ3n) is 4.79. The first kappa shape index (κ1) is 16.5. The predicted molar refractivity (Wildman–Crippen MR) is 95.1 cm³/mol. The molecule has 0 bridgehead atoms. The lowest BCUT2D eigenvalue weighted by atomic mass is 9.89. The Morgan fingerprint density at radius 1 is 1.08 bits per heavy atom. The summed E-state index contributed by atoms with van der Waals surface area (Å²) in [5, 5.41) is 20.7. The van der Waals surface area contributed by atoms with Crippen molar-refractivity contribution in [3.8, 4) is 0 Å². The number of hydrogen-bond acceptors (Lipinski definition) is 4. The fraction of sp³-hybridized carbons (Fsp3) is 0.222. The largest absolute Gasteiger partial charge is 0.481 e. The van der Waals surface area contributed by atoms with Crippen LogP contribution in [0.2, 0.25) is 5.02 Å². The smallest absolute Gasteiger partial charge is 0.308 e. The summed E-state index contributed by atoms with van der Waals surface area (Å²) >= 11 is 5.92. The van der Waals surface area contributed by atoms with E-state index in [9.17, 15) is 14.7 Å². The van der Waals surface area contributed by atoms with Crippen LogP contribution in [-0.2, 0) is 4.79 Å². The normalized spacial score (nSPS) is 19.8. The Bertz CT molecular complexity index is 986. The van der Waals surface area contributed by atoms with Crippen LogP contribution in [0.4, 0.5) is 0 Å². The van der Waals surface area contributed by atoms with E-state index >= 15 is 0 Å². The highest BCUT2D eigenvalue weighted by molar-refractivity contribution is 6.30. The van der Waals surface area contributed by atoms with Gasteiger partial charge in [0.15, 0.2) is 0 Å². The van der Waals surface area contributed by atoms with Crippen LogP contribution in [0.1, 0.15) is 21.8 Å². The van der Waals surface area contributed by atoms with Crippen molar-refractivity contribution >= 4 is 34.5 Å². The minimum absolute atomic E-state index is 0.165. The summed E-state index contributed by atoms with van der Waals surface area (Å²) in [6.07, 6.45) is 0. The highest BCUT2D eigenvalue weighted by Crippen LogP contribution is 2.34. The van der Waals surface area contributed by atoms with Crippen molar-refractivity contribution in [2.45, 2.75) is 5.92 Å². The highest BCUT2D eigenvalue weighted by Gasteiger charge is 2.40. The van der Waals surface area contributed by atoms with E-state index in [0.717, 1.165) is 5.56 Å². The average Bonchev–Trinajstić information content (AvgIpc) is 3.28. The van der Waals surface area contributed by atoms with Gasteiger partial charge in [0.05, 0.1) is 5.92 Å². The van der Waals surface area contributed by atoms with E-state index < -0.39 is 11.9 Å². The van der Waals surface area contributed by atoms with Crippen LogP contribution in [0.25, 0.3) is 11.0 Å². The Labute approximate surface area is 153 Å². The van der Waals surface area contributed by atoms with Crippen LogP contribution in [0.15, 0.2) is 42.5 Å². The molecule has 8 heteroatoms. The molecule has 0 unspecified atom stereocenters. The first-order valence-corrected chi connectivity index (χ1v) is 8.49. The van der Waals surface area contributed by atoms with Crippen molar-refractivity contribution in [2.75, 3.05) is 13.1 Å². The number of benzene rings is 2. The molecule has 0 radical (unpaired) electrons. The fourth-order valence-electron chi connectivity index (χ4n) is 3.42. The molecule has 0 spiro atoms. The molecular weight excluding hydrogens is 356 g/mol. The van der Waals surface area contributed by atoms with Crippen molar-refractivity contribution in [1.82, 2.24) is 20.3 Å². The van der Waals surface area contributed by atoms with Gasteiger partial charge in [-0.25, -0.2) is 0 Å². The van der Waals surface area contributed by atoms with Crippen molar-refractivity contribution in [2.24, 2.45) is 5.92 Å². The van der Waals surface area contributed by atoms with Gasteiger partial charge < -0.3 is 10.0 Å². The molecule has 2 N–H and O–H groups in total. The second-order valence-electron chi connectivity index (χ2n) is 6.34. The van der Waals surface area contributed by atoms with Crippen molar-refractivity contribution < 1.29 is 14.7 Å². The van der Waals surface area contributed by atoms with Crippen LogP contribution in [0, 0.1) is 5.92 Å². The standard InChI is InChI=1S/C18H15ClN4O3/c19-12-4-1-10(2-5-12)13-8-23(9-14(13)18(25)26)17(24)11-3-6-15-16(7-11)21-22-20-15/h1-7,13-14H,8-9H2,(H,25,26)(H,20,21,22)/t13-,14+/m0/s1. The van der Waals surface area contributed by atoms with Crippen LogP contribution >= 0.6 is 11.6 Å². The molecule has 1 aromatic heterocycles. The molecule has 2 atom stereocenters. The number of H-pyrrole nitrogens is 1. The summed E-state index contributed by atoms with van der Waals surface area (Å²) in [7, 11) is 0. The van der Waals surface area contributed by atoms with Crippen LogP contribution < -0.4 is 0 Å². The molecule has 1 saturated heterocycles. The van der Waals surface area contributed by atoms with Crippen molar-refractivity contribution in [1.29, 1.82) is 0 Å². The summed E-state index contributed by atoms with van der Waals surface area (Å²) in [6, 6.07) is 12.2. The van der Waals surface area contributed by atoms with Gasteiger partial charge in [-0.15, -0.1) is 0 Å². The monoisotopic (exact) mass is 370 g/mol. The van der Waals surface area contributed by atoms with Gasteiger partial charge in [0, 0.05) is 29.6 Å². The Balaban J connectivity index is 1.61. The van der Waals surface area contributed by atoms with Crippen molar-refractivity contribution in [3.05, 3.63) is 58.6 Å². The molecule has 4 rings (SSSR count). The summed E-state index contributed by atoms with van der Waals surface area (Å²) in [4.78, 5) is 26.2. The number of nitrogens with zero attached hydrogens (tertiary/aromatic N) is 3. The summed E-state index contributed by atoms with van der Waals surface area (Å²) in [6.45, 7) is 0.507. The van der Waals surface area contributed by atoms with Crippen molar-refractivity contribution in [3.63, 3.8) is 0 Å². The minimum atomic E-state index is -0.910. The number of amides is 1. The zero-order chi connectivity index (χ0) is 18.3. The molecule has 1 aliphatic heterocycles. The van der Waals surface area contributed by atoms with Gasteiger partial charge >= 0.3 is 5.97 Å². The number of hydrogen-bond donors (Lipinski definition) is 2. The molecule has 1 amide bonds. The number of carbonyl (C=O) groups excluding carboxylic acids is 1. The fourth-order valence-corrected chi connectivity index (χ4v) is 3.55. The molecule has 7 nitrogen and oxygen atoms in total. The van der Waals surface area contributed by atoms with E-state index in [1.165, 1.54) is 0 Å². The number of likely N-dealkylation sites (tertiary alicyclic amines) is 1. The van der Waals surface area contributed by atoms with E-state index in [0.29, 0.717) is 28.2 Å². The number of nitrogens with one attached hydrogen (secondary N) is 1. The zero-order valence-electron chi connectivity index (χ0n) is 13.6. The van der Waals surface area contributed by atoms with Gasteiger partial charge in [-0.1, -0.05) is 23.7 Å². The van der Waals surface area contributed by atoms with E-state index in [4.69, 9.17) is 11.6 Å². The third kappa shape index (κ3) is 2.90. The van der Waals surface area contributed by atoms with Gasteiger partial charge in [0.2, 0.25) is 0 Å². The van der Waals surface area contributed by atoms with Crippen LogP contribution in [0.3, 0.4) is 0 Å².